The van der Waals surface area contributed by atoms with Crippen LogP contribution >= 0.6 is 0 Å². The molecule has 0 aromatic heterocycles. The van der Waals surface area contributed by atoms with Gasteiger partial charge in [0, 0.05) is 130 Å². The van der Waals surface area contributed by atoms with Crippen LogP contribution in [0.25, 0.3) is 0 Å². The summed E-state index contributed by atoms with van der Waals surface area (Å²) in [5.41, 5.74) is 9.53. The fourth-order valence-corrected chi connectivity index (χ4v) is 10.9. The molecule has 512 valence electrons. The third-order valence-corrected chi connectivity index (χ3v) is 15.9. The molecule has 94 heavy (non-hydrogen) atoms. The first-order valence-electron chi connectivity index (χ1n) is 32.0. The zero-order valence-electron chi connectivity index (χ0n) is 53.4. The van der Waals surface area contributed by atoms with E-state index in [-0.39, 0.29) is 120 Å². The molecule has 0 spiro atoms. The normalized spacial score (nSPS) is 15.3. The molecule has 30 nitrogen and oxygen atoms in total. The smallest absolute Gasteiger partial charge is 0.321 e. The van der Waals surface area contributed by atoms with Gasteiger partial charge in [-0.25, -0.2) is 4.79 Å². The van der Waals surface area contributed by atoms with Crippen molar-refractivity contribution in [1.29, 1.82) is 0 Å². The maximum atomic E-state index is 14.8. The molecule has 0 bridgehead atoms. The van der Waals surface area contributed by atoms with E-state index in [0.717, 1.165) is 35.2 Å². The Morgan fingerprint density at radius 2 is 1.07 bits per heavy atom. The second-order valence-corrected chi connectivity index (χ2v) is 23.2. The molecule has 15 N–H and O–H groups in total. The third kappa shape index (κ3) is 26.0. The number of aliphatic carboxylic acids is 3. The lowest BCUT2D eigenvalue weighted by atomic mass is 10.0. The highest BCUT2D eigenvalue weighted by atomic mass is 16.4. The van der Waals surface area contributed by atoms with Gasteiger partial charge in [-0.15, -0.1) is 0 Å². The molecule has 6 rings (SSSR count). The van der Waals surface area contributed by atoms with Crippen LogP contribution in [0.2, 0.25) is 0 Å². The quantitative estimate of drug-likeness (QED) is 0.0124. The number of hydrogen-bond donors (Lipinski definition) is 14. The summed E-state index contributed by atoms with van der Waals surface area (Å²) in [5.74, 6) is -4.42. The highest BCUT2D eigenvalue weighted by Gasteiger charge is 2.35. The van der Waals surface area contributed by atoms with Crippen LogP contribution in [0.4, 0.5) is 21.9 Å². The molecule has 2 aliphatic heterocycles. The van der Waals surface area contributed by atoms with Crippen LogP contribution in [0, 0.1) is 0 Å². The summed E-state index contributed by atoms with van der Waals surface area (Å²) in [6.07, 6.45) is 4.25. The summed E-state index contributed by atoms with van der Waals surface area (Å²) in [6.45, 7) is 6.58. The fraction of sp³-hybridized carbons (Fsp3) is 0.516. The minimum atomic E-state index is -1.04. The Morgan fingerprint density at radius 1 is 0.553 bits per heavy atom. The lowest BCUT2D eigenvalue weighted by molar-refractivity contribution is -0.140. The van der Waals surface area contributed by atoms with Crippen LogP contribution in [0.3, 0.4) is 0 Å². The van der Waals surface area contributed by atoms with Crippen molar-refractivity contribution < 1.29 is 58.8 Å². The van der Waals surface area contributed by atoms with Crippen molar-refractivity contribution in [2.75, 3.05) is 140 Å². The van der Waals surface area contributed by atoms with Crippen molar-refractivity contribution in [1.82, 2.24) is 56.4 Å². The number of guanidine groups is 1. The molecule has 2 aliphatic rings. The van der Waals surface area contributed by atoms with E-state index in [9.17, 15) is 68.4 Å². The maximum absolute atomic E-state index is 14.8. The number of carboxylic acids is 3. The fourth-order valence-electron chi connectivity index (χ4n) is 10.9. The molecule has 4 aromatic rings. The van der Waals surface area contributed by atoms with Gasteiger partial charge in [-0.3, -0.25) is 78.0 Å². The van der Waals surface area contributed by atoms with Gasteiger partial charge in [0.05, 0.1) is 26.2 Å². The Kier molecular flexibility index (Phi) is 30.9. The third-order valence-electron chi connectivity index (χ3n) is 15.9. The summed E-state index contributed by atoms with van der Waals surface area (Å²) in [5, 5.41) is 64.5. The first kappa shape index (κ1) is 73.8. The number of fused-ring (bicyclic) bond motifs is 1. The standard InChI is InChI=1S/C64H92N16O14/c1-2-51(82)68-26-27-72-64(94)75-63(65)71-23-10-16-50(61(92)73-37-44-17-19-49(81)20-18-44)74-62(93)58(80-38-46-12-5-6-13-47(46)39-80)45-14-9-15-48(36-45)66-24-11-25-70-57-56(59(90)60(57)91)69-22-8-4-3-7-21-67-52(83)40-76-28-30-77(41-53(84)85)32-34-79(43-55(88)89)35-33-78(31-29-76)42-54(86)87/h5-6,9,12-15,17-20,36,50,58,66,69-70,81H,2-4,7-8,10-11,16,21-35,37-43H2,1H3,(H,67,83)(H,68,82)(H,73,92)(H,74,93)(H,84,85)(H,86,87)(H,88,89)(H4,65,71,72,75,94)/t50-,58+/m1/s1. The number of carbonyl (C=O) groups is 8. The first-order valence-corrected chi connectivity index (χ1v) is 32.0. The number of carboxylic acid groups (broad SMARTS) is 3. The largest absolute Gasteiger partial charge is 0.508 e. The number of nitrogens with two attached hydrogens (primary N) is 1. The van der Waals surface area contributed by atoms with Crippen LogP contribution < -0.4 is 64.4 Å². The molecule has 0 radical (unpaired) electrons. The number of rotatable bonds is 37. The molecular weight excluding hydrogens is 1220 g/mol. The van der Waals surface area contributed by atoms with Crippen molar-refractivity contribution in [3.05, 3.63) is 115 Å². The van der Waals surface area contributed by atoms with Crippen molar-refractivity contribution in [2.45, 2.75) is 90.0 Å². The zero-order chi connectivity index (χ0) is 67.8. The highest BCUT2D eigenvalue weighted by Crippen LogP contribution is 2.33. The van der Waals surface area contributed by atoms with Crippen molar-refractivity contribution in [3.8, 4) is 5.75 Å². The molecule has 2 heterocycles. The van der Waals surface area contributed by atoms with Gasteiger partial charge in [-0.2, -0.15) is 0 Å². The highest BCUT2D eigenvalue weighted by molar-refractivity contribution is 5.95. The van der Waals surface area contributed by atoms with Crippen LogP contribution in [-0.4, -0.2) is 229 Å². The number of aromatic hydroxyl groups is 1. The van der Waals surface area contributed by atoms with Crippen molar-refractivity contribution >= 4 is 70.6 Å². The van der Waals surface area contributed by atoms with E-state index in [1.165, 1.54) is 12.1 Å². The average Bonchev–Trinajstić information content (AvgIpc) is 0.908. The average molecular weight is 1310 g/mol. The number of anilines is 3. The minimum Gasteiger partial charge on any atom is -0.508 e. The van der Waals surface area contributed by atoms with Gasteiger partial charge in [0.25, 0.3) is 10.9 Å². The Balaban J connectivity index is 0.961. The molecule has 4 aromatic carbocycles. The Hall–Kier alpha value is -9.23. The lowest BCUT2D eigenvalue weighted by Crippen LogP contribution is -2.50. The summed E-state index contributed by atoms with van der Waals surface area (Å²) in [6, 6.07) is 19.3. The number of aliphatic imine (C=N–C) groups is 1. The van der Waals surface area contributed by atoms with Gasteiger partial charge in [-0.1, -0.05) is 68.3 Å². The van der Waals surface area contributed by atoms with Crippen LogP contribution in [0.1, 0.15) is 86.6 Å². The second-order valence-electron chi connectivity index (χ2n) is 23.2. The number of benzene rings is 3. The predicted octanol–water partition coefficient (Wildman–Crippen LogP) is 0.245. The van der Waals surface area contributed by atoms with Crippen LogP contribution in [0.5, 0.6) is 5.75 Å². The van der Waals surface area contributed by atoms with Gasteiger partial charge in [-0.05, 0) is 78.6 Å². The molecule has 1 fully saturated rings. The van der Waals surface area contributed by atoms with E-state index in [1.54, 1.807) is 33.8 Å². The number of hydrogen-bond acceptors (Lipinski definition) is 20. The van der Waals surface area contributed by atoms with Crippen molar-refractivity contribution in [2.24, 2.45) is 10.7 Å². The SMILES string of the molecule is CCC(=O)NCCNC(=O)NC(N)=NCCC[C@@H](NC(=O)[C@H](c1cccc(NCCCNc2c(NCCCCCCNC(=O)CN3CCN(CC(=O)O)CCN(CC(=O)O)CCN(CC(=O)O)CC3)c(=O)c2=O)c1)N1Cc2ccccc2C1)C(=O)NCc1ccc(O)cc1. The number of phenols is 1. The number of nitrogens with one attached hydrogen (secondary N) is 9. The molecule has 6 amide bonds. The minimum absolute atomic E-state index is 0.0175. The monoisotopic (exact) mass is 1310 g/mol. The van der Waals surface area contributed by atoms with Gasteiger partial charge < -0.3 is 68.7 Å². The summed E-state index contributed by atoms with van der Waals surface area (Å²) in [7, 11) is 0. The van der Waals surface area contributed by atoms with Gasteiger partial charge in [0.15, 0.2) is 5.96 Å². The van der Waals surface area contributed by atoms with E-state index >= 15 is 0 Å². The Bertz CT molecular complexity index is 3200. The first-order chi connectivity index (χ1) is 45.2. The number of carbonyl (C=O) groups excluding carboxylic acids is 5. The number of phenolic OH excluding ortho intramolecular Hbond substituents is 1. The number of unbranched alkanes of at least 4 members (excludes halogenated alkanes) is 3. The zero-order valence-corrected chi connectivity index (χ0v) is 53.4. The molecule has 0 saturated carbocycles. The molecule has 30 heteroatoms. The number of amides is 6. The van der Waals surface area contributed by atoms with Crippen LogP contribution in [0.15, 0.2) is 87.4 Å². The van der Waals surface area contributed by atoms with E-state index < -0.39 is 58.7 Å². The Labute approximate surface area is 546 Å². The molecular formula is C64H92N16O14. The van der Waals surface area contributed by atoms with E-state index in [0.29, 0.717) is 103 Å². The summed E-state index contributed by atoms with van der Waals surface area (Å²) >= 11 is 0. The number of nitrogens with zero attached hydrogens (tertiary/aromatic N) is 6. The van der Waals surface area contributed by atoms with Crippen LogP contribution in [-0.2, 0) is 53.2 Å². The molecule has 1 saturated heterocycles. The van der Waals surface area contributed by atoms with Gasteiger partial charge >= 0.3 is 23.9 Å². The maximum Gasteiger partial charge on any atom is 0.321 e. The van der Waals surface area contributed by atoms with E-state index in [4.69, 9.17) is 5.73 Å². The Morgan fingerprint density at radius 3 is 1.64 bits per heavy atom. The molecule has 2 atom stereocenters. The summed E-state index contributed by atoms with van der Waals surface area (Å²) in [4.78, 5) is 139. The van der Waals surface area contributed by atoms with E-state index in [2.05, 4.69) is 52.8 Å². The van der Waals surface area contributed by atoms with Gasteiger partial charge in [0.1, 0.15) is 29.2 Å². The summed E-state index contributed by atoms with van der Waals surface area (Å²) < 4.78 is 0. The molecule has 0 unspecified atom stereocenters. The second kappa shape index (κ2) is 39.3. The van der Waals surface area contributed by atoms with E-state index in [1.807, 2.05) is 58.3 Å². The van der Waals surface area contributed by atoms with Crippen molar-refractivity contribution in [3.63, 3.8) is 0 Å². The molecule has 0 aliphatic carbocycles. The van der Waals surface area contributed by atoms with Gasteiger partial charge in [0.2, 0.25) is 23.6 Å². The topological polar surface area (TPSA) is 414 Å². The predicted molar refractivity (Wildman–Crippen MR) is 354 cm³/mol. The number of urea groups is 1. The lowest BCUT2D eigenvalue weighted by Gasteiger charge is -2.32.